The molecule has 0 aliphatic heterocycles. The lowest BCUT2D eigenvalue weighted by molar-refractivity contribution is 0.682. The van der Waals surface area contributed by atoms with E-state index in [1.54, 1.807) is 6.20 Å². The van der Waals surface area contributed by atoms with E-state index in [4.69, 9.17) is 0 Å². The van der Waals surface area contributed by atoms with Gasteiger partial charge in [-0.15, -0.1) is 0 Å². The van der Waals surface area contributed by atoms with Crippen LogP contribution in [-0.4, -0.2) is 14.8 Å². The molecule has 1 N–H and O–H groups in total. The second-order valence-electron chi connectivity index (χ2n) is 4.99. The zero-order valence-corrected chi connectivity index (χ0v) is 12.0. The van der Waals surface area contributed by atoms with Crippen LogP contribution in [-0.2, 0) is 13.1 Å². The third-order valence-electron chi connectivity index (χ3n) is 3.36. The second-order valence-corrected chi connectivity index (χ2v) is 4.99. The van der Waals surface area contributed by atoms with Crippen molar-refractivity contribution in [2.24, 2.45) is 0 Å². The highest BCUT2D eigenvalue weighted by atomic mass is 15.3. The van der Waals surface area contributed by atoms with Crippen LogP contribution in [0.4, 0.5) is 5.82 Å². The predicted molar refractivity (Wildman–Crippen MR) is 84.1 cm³/mol. The molecule has 0 fully saturated rings. The Balaban J connectivity index is 1.73. The highest BCUT2D eigenvalue weighted by molar-refractivity contribution is 5.38. The van der Waals surface area contributed by atoms with Gasteiger partial charge in [0.1, 0.15) is 5.82 Å². The molecule has 1 aromatic carbocycles. The van der Waals surface area contributed by atoms with Gasteiger partial charge in [0.25, 0.3) is 0 Å². The number of benzene rings is 1. The zero-order chi connectivity index (χ0) is 14.5. The second kappa shape index (κ2) is 6.22. The molecule has 0 spiro atoms. The van der Waals surface area contributed by atoms with Crippen LogP contribution in [0.25, 0.3) is 0 Å². The summed E-state index contributed by atoms with van der Waals surface area (Å²) in [5.41, 5.74) is 3.54. The Hall–Kier alpha value is -2.62. The Morgan fingerprint density at radius 2 is 1.86 bits per heavy atom. The summed E-state index contributed by atoms with van der Waals surface area (Å²) < 4.78 is 1.93. The van der Waals surface area contributed by atoms with E-state index < -0.39 is 0 Å². The van der Waals surface area contributed by atoms with Gasteiger partial charge < -0.3 is 5.32 Å². The molecule has 21 heavy (non-hydrogen) atoms. The van der Waals surface area contributed by atoms with Crippen molar-refractivity contribution in [3.05, 3.63) is 77.7 Å². The molecule has 2 heterocycles. The normalized spacial score (nSPS) is 10.5. The van der Waals surface area contributed by atoms with Crippen LogP contribution in [0, 0.1) is 6.92 Å². The van der Waals surface area contributed by atoms with Crippen molar-refractivity contribution in [2.75, 3.05) is 5.32 Å². The molecule has 0 bridgehead atoms. The standard InChI is InChI=1S/C17H18N4/c1-14-6-4-9-17(20-14)18-12-15-7-2-3-8-16(15)13-21-11-5-10-19-21/h2-11H,12-13H2,1H3,(H,18,20). The van der Waals surface area contributed by atoms with E-state index in [1.165, 1.54) is 11.1 Å². The van der Waals surface area contributed by atoms with E-state index in [1.807, 2.05) is 42.1 Å². The van der Waals surface area contributed by atoms with Crippen molar-refractivity contribution in [3.8, 4) is 0 Å². The molecule has 2 aromatic heterocycles. The van der Waals surface area contributed by atoms with Gasteiger partial charge in [-0.3, -0.25) is 4.68 Å². The molecular formula is C17H18N4. The van der Waals surface area contributed by atoms with Crippen molar-refractivity contribution >= 4 is 5.82 Å². The Morgan fingerprint density at radius 1 is 1.00 bits per heavy atom. The maximum Gasteiger partial charge on any atom is 0.126 e. The average molecular weight is 278 g/mol. The molecule has 0 saturated carbocycles. The molecule has 0 aliphatic carbocycles. The topological polar surface area (TPSA) is 42.7 Å². The molecule has 0 amide bonds. The number of aromatic nitrogens is 3. The van der Waals surface area contributed by atoms with E-state index in [-0.39, 0.29) is 0 Å². The fourth-order valence-electron chi connectivity index (χ4n) is 2.28. The summed E-state index contributed by atoms with van der Waals surface area (Å²) in [6, 6.07) is 16.3. The molecule has 4 nitrogen and oxygen atoms in total. The van der Waals surface area contributed by atoms with Gasteiger partial charge in [-0.25, -0.2) is 4.98 Å². The molecule has 0 radical (unpaired) electrons. The fourth-order valence-corrected chi connectivity index (χ4v) is 2.28. The van der Waals surface area contributed by atoms with E-state index in [2.05, 4.69) is 39.7 Å². The summed E-state index contributed by atoms with van der Waals surface area (Å²) in [5, 5.41) is 7.65. The van der Waals surface area contributed by atoms with E-state index in [9.17, 15) is 0 Å². The predicted octanol–water partition coefficient (Wildman–Crippen LogP) is 3.25. The quantitative estimate of drug-likeness (QED) is 0.779. The van der Waals surface area contributed by atoms with Gasteiger partial charge in [0.15, 0.2) is 0 Å². The zero-order valence-electron chi connectivity index (χ0n) is 12.0. The summed E-state index contributed by atoms with van der Waals surface area (Å²) in [6.45, 7) is 3.54. The summed E-state index contributed by atoms with van der Waals surface area (Å²) in [6.07, 6.45) is 3.78. The Labute approximate surface area is 124 Å². The molecule has 4 heteroatoms. The number of aryl methyl sites for hydroxylation is 1. The maximum atomic E-state index is 4.46. The Kier molecular flexibility index (Phi) is 3.96. The van der Waals surface area contributed by atoms with Gasteiger partial charge in [-0.05, 0) is 36.2 Å². The first-order valence-corrected chi connectivity index (χ1v) is 7.03. The number of anilines is 1. The van der Waals surface area contributed by atoms with Crippen molar-refractivity contribution in [2.45, 2.75) is 20.0 Å². The van der Waals surface area contributed by atoms with Gasteiger partial charge in [-0.1, -0.05) is 30.3 Å². The van der Waals surface area contributed by atoms with E-state index in [0.29, 0.717) is 0 Å². The number of nitrogens with one attached hydrogen (secondary N) is 1. The van der Waals surface area contributed by atoms with Crippen LogP contribution in [0.2, 0.25) is 0 Å². The molecule has 0 unspecified atom stereocenters. The Bertz CT molecular complexity index is 704. The van der Waals surface area contributed by atoms with Gasteiger partial charge in [0, 0.05) is 24.6 Å². The van der Waals surface area contributed by atoms with Crippen LogP contribution in [0.15, 0.2) is 60.9 Å². The van der Waals surface area contributed by atoms with Gasteiger partial charge in [-0.2, -0.15) is 5.10 Å². The lowest BCUT2D eigenvalue weighted by atomic mass is 10.1. The average Bonchev–Trinajstić information content (AvgIpc) is 2.99. The molecule has 106 valence electrons. The van der Waals surface area contributed by atoms with E-state index in [0.717, 1.165) is 24.6 Å². The van der Waals surface area contributed by atoms with Gasteiger partial charge in [0.2, 0.25) is 0 Å². The number of nitrogens with zero attached hydrogens (tertiary/aromatic N) is 3. The van der Waals surface area contributed by atoms with Crippen LogP contribution < -0.4 is 5.32 Å². The number of hydrogen-bond donors (Lipinski definition) is 1. The lowest BCUT2D eigenvalue weighted by Crippen LogP contribution is -2.07. The largest absolute Gasteiger partial charge is 0.366 e. The van der Waals surface area contributed by atoms with Crippen LogP contribution >= 0.6 is 0 Å². The Morgan fingerprint density at radius 3 is 2.62 bits per heavy atom. The van der Waals surface area contributed by atoms with Crippen molar-refractivity contribution in [3.63, 3.8) is 0 Å². The summed E-state index contributed by atoms with van der Waals surface area (Å²) in [7, 11) is 0. The van der Waals surface area contributed by atoms with E-state index >= 15 is 0 Å². The molecule has 0 saturated heterocycles. The van der Waals surface area contributed by atoms with Crippen molar-refractivity contribution in [1.82, 2.24) is 14.8 Å². The molecule has 0 atom stereocenters. The van der Waals surface area contributed by atoms with Crippen LogP contribution in [0.5, 0.6) is 0 Å². The smallest absolute Gasteiger partial charge is 0.126 e. The number of pyridine rings is 1. The third-order valence-corrected chi connectivity index (χ3v) is 3.36. The first kappa shape index (κ1) is 13.4. The summed E-state index contributed by atoms with van der Waals surface area (Å²) in [5.74, 6) is 0.906. The molecule has 0 aliphatic rings. The number of rotatable bonds is 5. The molecular weight excluding hydrogens is 260 g/mol. The van der Waals surface area contributed by atoms with Crippen LogP contribution in [0.3, 0.4) is 0 Å². The summed E-state index contributed by atoms with van der Waals surface area (Å²) in [4.78, 5) is 4.46. The van der Waals surface area contributed by atoms with Gasteiger partial charge >= 0.3 is 0 Å². The summed E-state index contributed by atoms with van der Waals surface area (Å²) >= 11 is 0. The maximum absolute atomic E-state index is 4.46. The highest BCUT2D eigenvalue weighted by Crippen LogP contribution is 2.13. The van der Waals surface area contributed by atoms with Crippen molar-refractivity contribution in [1.29, 1.82) is 0 Å². The highest BCUT2D eigenvalue weighted by Gasteiger charge is 2.03. The van der Waals surface area contributed by atoms with Crippen LogP contribution in [0.1, 0.15) is 16.8 Å². The van der Waals surface area contributed by atoms with Gasteiger partial charge in [0.05, 0.1) is 6.54 Å². The minimum absolute atomic E-state index is 0.758. The third kappa shape index (κ3) is 3.48. The fraction of sp³-hybridized carbons (Fsp3) is 0.176. The molecule has 3 rings (SSSR count). The lowest BCUT2D eigenvalue weighted by Gasteiger charge is -2.11. The van der Waals surface area contributed by atoms with Crippen molar-refractivity contribution < 1.29 is 0 Å². The molecule has 3 aromatic rings. The minimum atomic E-state index is 0.758. The monoisotopic (exact) mass is 278 g/mol. The first-order valence-electron chi connectivity index (χ1n) is 7.03. The first-order chi connectivity index (χ1) is 10.3. The number of hydrogen-bond acceptors (Lipinski definition) is 3. The minimum Gasteiger partial charge on any atom is -0.366 e. The SMILES string of the molecule is Cc1cccc(NCc2ccccc2Cn2cccn2)n1.